The minimum atomic E-state index is -0.513. The van der Waals surface area contributed by atoms with Crippen molar-refractivity contribution in [2.45, 2.75) is 31.7 Å². The number of amides is 3. The summed E-state index contributed by atoms with van der Waals surface area (Å²) in [6.45, 7) is 3.27. The van der Waals surface area contributed by atoms with Gasteiger partial charge in [-0.05, 0) is 37.8 Å². The molecule has 4 rings (SSSR count). The molecule has 3 heterocycles. The van der Waals surface area contributed by atoms with Gasteiger partial charge in [0, 0.05) is 38.1 Å². The van der Waals surface area contributed by atoms with E-state index < -0.39 is 5.82 Å². The third-order valence-electron chi connectivity index (χ3n) is 6.24. The van der Waals surface area contributed by atoms with E-state index in [0.29, 0.717) is 52.2 Å². The number of hydrogen-bond donors (Lipinski definition) is 0. The van der Waals surface area contributed by atoms with Crippen LogP contribution in [0.2, 0.25) is 0 Å². The normalized spacial score (nSPS) is 21.4. The van der Waals surface area contributed by atoms with Crippen LogP contribution in [0, 0.1) is 11.7 Å². The summed E-state index contributed by atoms with van der Waals surface area (Å²) >= 11 is 0. The molecule has 0 aromatic heterocycles. The highest BCUT2D eigenvalue weighted by Crippen LogP contribution is 2.25. The number of benzene rings is 1. The highest BCUT2D eigenvalue weighted by molar-refractivity contribution is 5.94. The number of rotatable bonds is 3. The minimum Gasteiger partial charge on any atom is -0.448 e. The molecule has 0 unspecified atom stereocenters. The van der Waals surface area contributed by atoms with Gasteiger partial charge in [-0.2, -0.15) is 0 Å². The molecular formula is C21H26FN3O4. The lowest BCUT2D eigenvalue weighted by Gasteiger charge is -2.39. The molecule has 1 aromatic carbocycles. The maximum atomic E-state index is 13.9. The molecule has 3 saturated heterocycles. The van der Waals surface area contributed by atoms with Crippen LogP contribution in [0.5, 0.6) is 0 Å². The highest BCUT2D eigenvalue weighted by atomic mass is 19.1. The van der Waals surface area contributed by atoms with Gasteiger partial charge in [-0.25, -0.2) is 9.18 Å². The van der Waals surface area contributed by atoms with Gasteiger partial charge in [0.1, 0.15) is 12.4 Å². The van der Waals surface area contributed by atoms with Crippen LogP contribution in [0.3, 0.4) is 0 Å². The molecule has 156 valence electrons. The molecule has 8 heteroatoms. The van der Waals surface area contributed by atoms with Crippen molar-refractivity contribution >= 4 is 17.9 Å². The molecule has 29 heavy (non-hydrogen) atoms. The number of nitrogens with zero attached hydrogens (tertiary/aromatic N) is 3. The molecule has 3 aliphatic rings. The summed E-state index contributed by atoms with van der Waals surface area (Å²) in [6, 6.07) is 6.14. The number of cyclic esters (lactones) is 1. The first kappa shape index (κ1) is 19.7. The number of carbonyl (C=O) groups excluding carboxylic acids is 3. The van der Waals surface area contributed by atoms with Crippen molar-refractivity contribution in [2.75, 3.05) is 39.3 Å². The Labute approximate surface area is 169 Å². The number of hydrogen-bond acceptors (Lipinski definition) is 4. The van der Waals surface area contributed by atoms with E-state index in [1.165, 1.54) is 12.1 Å². The smallest absolute Gasteiger partial charge is 0.410 e. The Morgan fingerprint density at radius 3 is 2.21 bits per heavy atom. The summed E-state index contributed by atoms with van der Waals surface area (Å²) in [5, 5.41) is 0. The Kier molecular flexibility index (Phi) is 5.69. The van der Waals surface area contributed by atoms with Gasteiger partial charge >= 0.3 is 6.09 Å². The van der Waals surface area contributed by atoms with Crippen molar-refractivity contribution < 1.29 is 23.5 Å². The standard InChI is InChI=1S/C21H26FN3O4/c22-18-4-2-1-3-17(18)20(27)24-9-5-15(6-10-24)19(26)23-11-7-16(8-12-23)25-13-14-29-21(25)28/h1-4,15-16H,5-14H2. The summed E-state index contributed by atoms with van der Waals surface area (Å²) in [5.41, 5.74) is 0.0831. The largest absolute Gasteiger partial charge is 0.448 e. The van der Waals surface area contributed by atoms with Gasteiger partial charge in [0.05, 0.1) is 12.1 Å². The van der Waals surface area contributed by atoms with Crippen LogP contribution in [0.1, 0.15) is 36.0 Å². The molecule has 0 aliphatic carbocycles. The quantitative estimate of drug-likeness (QED) is 0.775. The zero-order valence-electron chi connectivity index (χ0n) is 16.4. The van der Waals surface area contributed by atoms with Crippen LogP contribution in [0.15, 0.2) is 24.3 Å². The average molecular weight is 403 g/mol. The van der Waals surface area contributed by atoms with Crippen molar-refractivity contribution in [3.05, 3.63) is 35.6 Å². The average Bonchev–Trinajstić information content (AvgIpc) is 3.19. The van der Waals surface area contributed by atoms with Gasteiger partial charge in [-0.3, -0.25) is 9.59 Å². The predicted octanol–water partition coefficient (Wildman–Crippen LogP) is 2.12. The second kappa shape index (κ2) is 8.39. The molecular weight excluding hydrogens is 377 g/mol. The molecule has 3 fully saturated rings. The fourth-order valence-electron chi connectivity index (χ4n) is 4.53. The lowest BCUT2D eigenvalue weighted by Crippen LogP contribution is -2.50. The van der Waals surface area contributed by atoms with Crippen LogP contribution in [0.4, 0.5) is 9.18 Å². The Hall–Kier alpha value is -2.64. The third kappa shape index (κ3) is 4.06. The third-order valence-corrected chi connectivity index (χ3v) is 6.24. The van der Waals surface area contributed by atoms with E-state index in [1.54, 1.807) is 21.9 Å². The summed E-state index contributed by atoms with van der Waals surface area (Å²) in [4.78, 5) is 42.4. The van der Waals surface area contributed by atoms with Gasteiger partial charge in [0.2, 0.25) is 5.91 Å². The van der Waals surface area contributed by atoms with Crippen LogP contribution >= 0.6 is 0 Å². The Morgan fingerprint density at radius 1 is 0.931 bits per heavy atom. The van der Waals surface area contributed by atoms with Gasteiger partial charge in [0.15, 0.2) is 0 Å². The SMILES string of the molecule is O=C(c1ccccc1F)N1CCC(C(=O)N2CCC(N3CCOC3=O)CC2)CC1. The molecule has 1 aromatic rings. The number of ether oxygens (including phenoxy) is 1. The van der Waals surface area contributed by atoms with Crippen molar-refractivity contribution in [2.24, 2.45) is 5.92 Å². The number of piperidine rings is 2. The van der Waals surface area contributed by atoms with Crippen LogP contribution in [0.25, 0.3) is 0 Å². The molecule has 0 N–H and O–H groups in total. The summed E-state index contributed by atoms with van der Waals surface area (Å²) < 4.78 is 18.9. The van der Waals surface area contributed by atoms with Crippen molar-refractivity contribution in [1.82, 2.24) is 14.7 Å². The van der Waals surface area contributed by atoms with Crippen molar-refractivity contribution in [1.29, 1.82) is 0 Å². The lowest BCUT2D eigenvalue weighted by atomic mass is 9.93. The first-order valence-electron chi connectivity index (χ1n) is 10.3. The Morgan fingerprint density at radius 2 is 1.59 bits per heavy atom. The van der Waals surface area contributed by atoms with E-state index in [2.05, 4.69) is 0 Å². The second-order valence-electron chi connectivity index (χ2n) is 7.91. The summed E-state index contributed by atoms with van der Waals surface area (Å²) in [6.07, 6.45) is 2.48. The topological polar surface area (TPSA) is 70.2 Å². The van der Waals surface area contributed by atoms with Gasteiger partial charge in [0.25, 0.3) is 5.91 Å². The van der Waals surface area contributed by atoms with Crippen molar-refractivity contribution in [3.8, 4) is 0 Å². The van der Waals surface area contributed by atoms with Gasteiger partial charge in [-0.15, -0.1) is 0 Å². The highest BCUT2D eigenvalue weighted by Gasteiger charge is 2.36. The van der Waals surface area contributed by atoms with Crippen molar-refractivity contribution in [3.63, 3.8) is 0 Å². The zero-order chi connectivity index (χ0) is 20.4. The first-order chi connectivity index (χ1) is 14.0. The van der Waals surface area contributed by atoms with Crippen LogP contribution in [-0.4, -0.2) is 78.0 Å². The van der Waals surface area contributed by atoms with E-state index in [4.69, 9.17) is 4.74 Å². The van der Waals surface area contributed by atoms with Gasteiger partial charge in [-0.1, -0.05) is 12.1 Å². The number of halogens is 1. The molecule has 3 aliphatic heterocycles. The van der Waals surface area contributed by atoms with E-state index in [9.17, 15) is 18.8 Å². The zero-order valence-corrected chi connectivity index (χ0v) is 16.4. The van der Waals surface area contributed by atoms with E-state index in [1.807, 2.05) is 4.90 Å². The van der Waals surface area contributed by atoms with Crippen LogP contribution < -0.4 is 0 Å². The van der Waals surface area contributed by atoms with Gasteiger partial charge < -0.3 is 19.4 Å². The van der Waals surface area contributed by atoms with Crippen LogP contribution in [-0.2, 0) is 9.53 Å². The molecule has 0 saturated carbocycles. The summed E-state index contributed by atoms with van der Waals surface area (Å²) in [5.74, 6) is -0.800. The molecule has 0 radical (unpaired) electrons. The summed E-state index contributed by atoms with van der Waals surface area (Å²) in [7, 11) is 0. The fraction of sp³-hybridized carbons (Fsp3) is 0.571. The molecule has 0 spiro atoms. The first-order valence-corrected chi connectivity index (χ1v) is 10.3. The molecule has 7 nitrogen and oxygen atoms in total. The molecule has 0 bridgehead atoms. The monoisotopic (exact) mass is 403 g/mol. The lowest BCUT2D eigenvalue weighted by molar-refractivity contribution is -0.138. The maximum Gasteiger partial charge on any atom is 0.410 e. The van der Waals surface area contributed by atoms with E-state index >= 15 is 0 Å². The van der Waals surface area contributed by atoms with E-state index in [-0.39, 0.29) is 35.4 Å². The van der Waals surface area contributed by atoms with E-state index in [0.717, 1.165) is 12.8 Å². The molecule has 3 amide bonds. The predicted molar refractivity (Wildman–Crippen MR) is 103 cm³/mol. The molecule has 0 atom stereocenters. The number of carbonyl (C=O) groups is 3. The number of likely N-dealkylation sites (tertiary alicyclic amines) is 2. The minimum absolute atomic E-state index is 0.0831. The second-order valence-corrected chi connectivity index (χ2v) is 7.91. The fourth-order valence-corrected chi connectivity index (χ4v) is 4.53. The Bertz CT molecular complexity index is 786. The Balaban J connectivity index is 1.27. The maximum absolute atomic E-state index is 13.9.